The topological polar surface area (TPSA) is 49.3 Å². The first-order chi connectivity index (χ1) is 8.99. The van der Waals surface area contributed by atoms with Crippen molar-refractivity contribution in [2.75, 3.05) is 5.32 Å². The summed E-state index contributed by atoms with van der Waals surface area (Å²) in [5, 5.41) is 13.3. The number of rotatable bonds is 4. The molecule has 1 aromatic heterocycles. The van der Waals surface area contributed by atoms with Gasteiger partial charge in [-0.2, -0.15) is 0 Å². The van der Waals surface area contributed by atoms with E-state index < -0.39 is 17.6 Å². The number of anilines is 1. The third-order valence-corrected chi connectivity index (χ3v) is 3.97. The van der Waals surface area contributed by atoms with E-state index in [1.54, 1.807) is 11.4 Å². The molecule has 3 nitrogen and oxygen atoms in total. The molecule has 100 valence electrons. The number of carbonyl (C=O) groups is 1. The van der Waals surface area contributed by atoms with Crippen molar-refractivity contribution in [1.82, 2.24) is 0 Å². The number of carboxylic acids is 1. The first-order valence-corrected chi connectivity index (χ1v) is 6.84. The molecule has 2 N–H and O–H groups in total. The summed E-state index contributed by atoms with van der Waals surface area (Å²) in [6.07, 6.45) is 0. The molecule has 0 spiro atoms. The molecule has 7 heteroatoms. The second kappa shape index (κ2) is 5.66. The number of aromatic carboxylic acids is 1. The van der Waals surface area contributed by atoms with Gasteiger partial charge in [0.2, 0.25) is 0 Å². The van der Waals surface area contributed by atoms with Crippen LogP contribution in [0.25, 0.3) is 0 Å². The summed E-state index contributed by atoms with van der Waals surface area (Å²) in [5.74, 6) is -2.23. The summed E-state index contributed by atoms with van der Waals surface area (Å²) < 4.78 is 26.9. The van der Waals surface area contributed by atoms with Crippen molar-refractivity contribution in [2.45, 2.75) is 6.54 Å². The monoisotopic (exact) mass is 347 g/mol. The summed E-state index contributed by atoms with van der Waals surface area (Å²) in [4.78, 5) is 11.1. The van der Waals surface area contributed by atoms with Crippen LogP contribution in [0.4, 0.5) is 14.5 Å². The predicted molar refractivity (Wildman–Crippen MR) is 72.7 cm³/mol. The second-order valence-corrected chi connectivity index (χ2v) is 5.45. The Morgan fingerprint density at radius 3 is 2.79 bits per heavy atom. The summed E-state index contributed by atoms with van der Waals surface area (Å²) in [6.45, 7) is 0.114. The van der Waals surface area contributed by atoms with Crippen LogP contribution >= 0.6 is 27.3 Å². The fraction of sp³-hybridized carbons (Fsp3) is 0.0833. The van der Waals surface area contributed by atoms with Gasteiger partial charge in [-0.3, -0.25) is 0 Å². The van der Waals surface area contributed by atoms with Crippen LogP contribution in [0.5, 0.6) is 0 Å². The van der Waals surface area contributed by atoms with Gasteiger partial charge in [0.1, 0.15) is 16.5 Å². The van der Waals surface area contributed by atoms with Gasteiger partial charge < -0.3 is 10.4 Å². The van der Waals surface area contributed by atoms with Crippen LogP contribution in [0.1, 0.15) is 15.2 Å². The molecule has 1 aromatic carbocycles. The van der Waals surface area contributed by atoms with E-state index >= 15 is 0 Å². The number of nitrogens with one attached hydrogen (secondary N) is 1. The molecule has 0 unspecified atom stereocenters. The molecule has 1 heterocycles. The molecule has 2 rings (SSSR count). The van der Waals surface area contributed by atoms with Crippen molar-refractivity contribution in [3.63, 3.8) is 0 Å². The molecule has 0 aliphatic carbocycles. The molecule has 0 aliphatic rings. The van der Waals surface area contributed by atoms with Gasteiger partial charge in [-0.1, -0.05) is 0 Å². The Labute approximate surface area is 120 Å². The smallest absolute Gasteiger partial charge is 0.346 e. The molecule has 0 atom stereocenters. The molecular formula is C12H8BrF2NO2S. The Morgan fingerprint density at radius 1 is 1.37 bits per heavy atom. The average Bonchev–Trinajstić information content (AvgIpc) is 2.80. The second-order valence-electron chi connectivity index (χ2n) is 3.68. The Balaban J connectivity index is 2.17. The first-order valence-electron chi connectivity index (χ1n) is 5.17. The fourth-order valence-electron chi connectivity index (χ4n) is 1.51. The van der Waals surface area contributed by atoms with E-state index in [0.717, 1.165) is 23.5 Å². The maximum atomic E-state index is 13.5. The number of hydrogen-bond donors (Lipinski definition) is 2. The van der Waals surface area contributed by atoms with Crippen molar-refractivity contribution in [3.05, 3.63) is 50.1 Å². The molecule has 19 heavy (non-hydrogen) atoms. The minimum absolute atomic E-state index is 0.0109. The lowest BCUT2D eigenvalue weighted by Crippen LogP contribution is -2.05. The number of carboxylic acid groups (broad SMARTS) is 1. The van der Waals surface area contributed by atoms with Gasteiger partial charge in [0, 0.05) is 12.6 Å². The van der Waals surface area contributed by atoms with Crippen LogP contribution in [0, 0.1) is 11.6 Å². The van der Waals surface area contributed by atoms with Crippen LogP contribution in [0.3, 0.4) is 0 Å². The minimum Gasteiger partial charge on any atom is -0.477 e. The van der Waals surface area contributed by atoms with Crippen LogP contribution < -0.4 is 5.32 Å². The normalized spacial score (nSPS) is 10.5. The van der Waals surface area contributed by atoms with Gasteiger partial charge in [0.05, 0.1) is 10.2 Å². The number of thiophene rings is 1. The first kappa shape index (κ1) is 14.0. The quantitative estimate of drug-likeness (QED) is 0.818. The third-order valence-electron chi connectivity index (χ3n) is 2.42. The SMILES string of the molecule is O=C(O)c1sccc1CNc1cc(F)c(Br)cc1F. The maximum absolute atomic E-state index is 13.5. The van der Waals surface area contributed by atoms with Crippen molar-refractivity contribution in [1.29, 1.82) is 0 Å². The zero-order valence-corrected chi connectivity index (χ0v) is 11.8. The number of hydrogen-bond acceptors (Lipinski definition) is 3. The van der Waals surface area contributed by atoms with E-state index in [1.165, 1.54) is 0 Å². The van der Waals surface area contributed by atoms with Gasteiger partial charge in [-0.25, -0.2) is 13.6 Å². The zero-order chi connectivity index (χ0) is 14.0. The highest BCUT2D eigenvalue weighted by Gasteiger charge is 2.13. The van der Waals surface area contributed by atoms with Crippen molar-refractivity contribution in [2.24, 2.45) is 0 Å². The van der Waals surface area contributed by atoms with E-state index in [-0.39, 0.29) is 21.6 Å². The average molecular weight is 348 g/mol. The molecule has 0 amide bonds. The van der Waals surface area contributed by atoms with Crippen molar-refractivity contribution >= 4 is 38.9 Å². The van der Waals surface area contributed by atoms with Gasteiger partial charge in [-0.05, 0) is 39.0 Å². The van der Waals surface area contributed by atoms with Crippen molar-refractivity contribution < 1.29 is 18.7 Å². The Hall–Kier alpha value is -1.47. The van der Waals surface area contributed by atoms with Crippen LogP contribution in [0.2, 0.25) is 0 Å². The molecular weight excluding hydrogens is 340 g/mol. The lowest BCUT2D eigenvalue weighted by Gasteiger charge is -2.08. The summed E-state index contributed by atoms with van der Waals surface area (Å²) in [7, 11) is 0. The Bertz CT molecular complexity index is 630. The summed E-state index contributed by atoms with van der Waals surface area (Å²) in [6, 6.07) is 3.67. The third kappa shape index (κ3) is 3.10. The molecule has 0 bridgehead atoms. The minimum atomic E-state index is -1.03. The molecule has 0 radical (unpaired) electrons. The predicted octanol–water partition coefficient (Wildman–Crippen LogP) is 4.10. The highest BCUT2D eigenvalue weighted by atomic mass is 79.9. The lowest BCUT2D eigenvalue weighted by atomic mass is 10.2. The van der Waals surface area contributed by atoms with E-state index in [4.69, 9.17) is 5.11 Å². The van der Waals surface area contributed by atoms with Crippen molar-refractivity contribution in [3.8, 4) is 0 Å². The molecule has 2 aromatic rings. The van der Waals surface area contributed by atoms with E-state index in [1.807, 2.05) is 0 Å². The van der Waals surface area contributed by atoms with Crippen LogP contribution in [-0.4, -0.2) is 11.1 Å². The highest BCUT2D eigenvalue weighted by Crippen LogP contribution is 2.24. The number of halogens is 3. The summed E-state index contributed by atoms with van der Waals surface area (Å²) in [5.41, 5.74) is 0.517. The van der Waals surface area contributed by atoms with E-state index in [2.05, 4.69) is 21.2 Å². The molecule has 0 aliphatic heterocycles. The number of benzene rings is 1. The van der Waals surface area contributed by atoms with E-state index in [9.17, 15) is 13.6 Å². The largest absolute Gasteiger partial charge is 0.477 e. The lowest BCUT2D eigenvalue weighted by molar-refractivity contribution is 0.0701. The van der Waals surface area contributed by atoms with E-state index in [0.29, 0.717) is 5.56 Å². The molecule has 0 saturated heterocycles. The van der Waals surface area contributed by atoms with Gasteiger partial charge in [0.25, 0.3) is 0 Å². The zero-order valence-electron chi connectivity index (χ0n) is 9.41. The Kier molecular flexibility index (Phi) is 4.16. The standard InChI is InChI=1S/C12H8BrF2NO2S/c13-7-3-9(15)10(4-8(7)14)16-5-6-1-2-19-11(6)12(17)18/h1-4,16H,5H2,(H,17,18). The van der Waals surface area contributed by atoms with Crippen LogP contribution in [0.15, 0.2) is 28.1 Å². The summed E-state index contributed by atoms with van der Waals surface area (Å²) >= 11 is 3.97. The van der Waals surface area contributed by atoms with Gasteiger partial charge >= 0.3 is 5.97 Å². The molecule has 0 fully saturated rings. The van der Waals surface area contributed by atoms with Crippen LogP contribution in [-0.2, 0) is 6.54 Å². The fourth-order valence-corrected chi connectivity index (χ4v) is 2.59. The molecule has 0 saturated carbocycles. The Morgan fingerprint density at radius 2 is 2.11 bits per heavy atom. The van der Waals surface area contributed by atoms with Gasteiger partial charge in [0.15, 0.2) is 0 Å². The van der Waals surface area contributed by atoms with Gasteiger partial charge in [-0.15, -0.1) is 11.3 Å². The highest BCUT2D eigenvalue weighted by molar-refractivity contribution is 9.10. The maximum Gasteiger partial charge on any atom is 0.346 e.